The van der Waals surface area contributed by atoms with Crippen LogP contribution in [0.5, 0.6) is 0 Å². The van der Waals surface area contributed by atoms with Crippen LogP contribution in [0.2, 0.25) is 0 Å². The van der Waals surface area contributed by atoms with Gasteiger partial charge in [-0.25, -0.2) is 0 Å². The second-order valence-electron chi connectivity index (χ2n) is 5.15. The van der Waals surface area contributed by atoms with E-state index in [2.05, 4.69) is 28.2 Å². The zero-order chi connectivity index (χ0) is 14.5. The van der Waals surface area contributed by atoms with Gasteiger partial charge in [0.1, 0.15) is 0 Å². The van der Waals surface area contributed by atoms with Crippen LogP contribution in [-0.2, 0) is 11.3 Å². The minimum atomic E-state index is -0.332. The molecule has 0 radical (unpaired) electrons. The average Bonchev–Trinajstić information content (AvgIpc) is 2.46. The van der Waals surface area contributed by atoms with Crippen LogP contribution in [0, 0.1) is 16.0 Å². The molecule has 1 saturated heterocycles. The second kappa shape index (κ2) is 7.15. The summed E-state index contributed by atoms with van der Waals surface area (Å²) < 4.78 is 6.08. The molecule has 0 bridgehead atoms. The Morgan fingerprint density at radius 2 is 2.20 bits per heavy atom. The summed E-state index contributed by atoms with van der Waals surface area (Å²) in [4.78, 5) is 10.7. The maximum Gasteiger partial charge on any atom is 0.275 e. The zero-order valence-corrected chi connectivity index (χ0v) is 13.1. The Balaban J connectivity index is 1.97. The molecule has 1 aromatic carbocycles. The normalized spacial score (nSPS) is 17.9. The fraction of sp³-hybridized carbons (Fsp3) is 0.571. The fourth-order valence-electron chi connectivity index (χ4n) is 2.51. The van der Waals surface area contributed by atoms with E-state index in [0.717, 1.165) is 36.1 Å². The van der Waals surface area contributed by atoms with Crippen LogP contribution in [0.25, 0.3) is 0 Å². The molecule has 0 spiro atoms. The van der Waals surface area contributed by atoms with Gasteiger partial charge in [-0.1, -0.05) is 15.9 Å². The van der Waals surface area contributed by atoms with Crippen molar-refractivity contribution in [2.75, 3.05) is 13.2 Å². The van der Waals surface area contributed by atoms with Gasteiger partial charge in [-0.2, -0.15) is 0 Å². The van der Waals surface area contributed by atoms with Gasteiger partial charge in [-0.3, -0.25) is 10.1 Å². The molecule has 2 rings (SSSR count). The molecule has 0 saturated carbocycles. The molecule has 6 heteroatoms. The number of hydrogen-bond acceptors (Lipinski definition) is 4. The van der Waals surface area contributed by atoms with E-state index in [-0.39, 0.29) is 10.6 Å². The first-order valence-corrected chi connectivity index (χ1v) is 7.61. The number of nitrogens with zero attached hydrogens (tertiary/aromatic N) is 1. The average molecular weight is 343 g/mol. The van der Waals surface area contributed by atoms with Crippen molar-refractivity contribution in [2.45, 2.75) is 32.4 Å². The third-order valence-corrected chi connectivity index (χ3v) is 4.32. The van der Waals surface area contributed by atoms with Gasteiger partial charge in [0.05, 0.1) is 4.92 Å². The molecule has 1 atom stereocenters. The molecule has 0 amide bonds. The fourth-order valence-corrected chi connectivity index (χ4v) is 2.86. The lowest BCUT2D eigenvalue weighted by Crippen LogP contribution is -2.36. The standard InChI is InChI=1S/C14H19BrN2O3/c1-10(11-4-6-20-7-5-11)16-9-12-2-3-13(15)8-14(12)17(18)19/h2-3,8,10-11,16H,4-7,9H2,1H3. The third kappa shape index (κ3) is 4.01. The van der Waals surface area contributed by atoms with Gasteiger partial charge >= 0.3 is 0 Å². The molecule has 1 aromatic rings. The van der Waals surface area contributed by atoms with Crippen LogP contribution in [-0.4, -0.2) is 24.2 Å². The molecule has 1 heterocycles. The Morgan fingerprint density at radius 1 is 1.50 bits per heavy atom. The first kappa shape index (κ1) is 15.4. The van der Waals surface area contributed by atoms with E-state index in [1.165, 1.54) is 0 Å². The molecule has 110 valence electrons. The quantitative estimate of drug-likeness (QED) is 0.658. The van der Waals surface area contributed by atoms with Crippen molar-refractivity contribution in [3.63, 3.8) is 0 Å². The van der Waals surface area contributed by atoms with E-state index in [4.69, 9.17) is 4.74 Å². The lowest BCUT2D eigenvalue weighted by atomic mass is 9.93. The number of benzene rings is 1. The largest absolute Gasteiger partial charge is 0.381 e. The molecule has 20 heavy (non-hydrogen) atoms. The van der Waals surface area contributed by atoms with Gasteiger partial charge in [0, 0.05) is 41.9 Å². The minimum Gasteiger partial charge on any atom is -0.381 e. The van der Waals surface area contributed by atoms with Gasteiger partial charge in [0.25, 0.3) is 5.69 Å². The molecule has 1 N–H and O–H groups in total. The number of hydrogen-bond donors (Lipinski definition) is 1. The summed E-state index contributed by atoms with van der Waals surface area (Å²) >= 11 is 3.27. The van der Waals surface area contributed by atoms with Crippen molar-refractivity contribution < 1.29 is 9.66 Å². The number of nitro groups is 1. The summed E-state index contributed by atoms with van der Waals surface area (Å²) in [6.07, 6.45) is 2.10. The zero-order valence-electron chi connectivity index (χ0n) is 11.5. The number of nitro benzene ring substituents is 1. The summed E-state index contributed by atoms with van der Waals surface area (Å²) in [5.41, 5.74) is 0.878. The van der Waals surface area contributed by atoms with E-state index in [1.54, 1.807) is 12.1 Å². The summed E-state index contributed by atoms with van der Waals surface area (Å²) in [6, 6.07) is 5.52. The molecule has 1 aliphatic heterocycles. The Labute approximate surface area is 127 Å². The second-order valence-corrected chi connectivity index (χ2v) is 6.07. The van der Waals surface area contributed by atoms with Crippen LogP contribution in [0.4, 0.5) is 5.69 Å². The molecule has 1 unspecified atom stereocenters. The molecule has 1 aliphatic rings. The van der Waals surface area contributed by atoms with Crippen LogP contribution in [0.1, 0.15) is 25.3 Å². The molecular formula is C14H19BrN2O3. The molecule has 5 nitrogen and oxygen atoms in total. The van der Waals surface area contributed by atoms with Crippen LogP contribution >= 0.6 is 15.9 Å². The lowest BCUT2D eigenvalue weighted by Gasteiger charge is -2.28. The topological polar surface area (TPSA) is 64.4 Å². The van der Waals surface area contributed by atoms with E-state index in [0.29, 0.717) is 18.5 Å². The number of rotatable bonds is 5. The highest BCUT2D eigenvalue weighted by molar-refractivity contribution is 9.10. The van der Waals surface area contributed by atoms with Gasteiger partial charge in [0.15, 0.2) is 0 Å². The first-order chi connectivity index (χ1) is 9.58. The van der Waals surface area contributed by atoms with Crippen molar-refractivity contribution in [2.24, 2.45) is 5.92 Å². The smallest absolute Gasteiger partial charge is 0.275 e. The Morgan fingerprint density at radius 3 is 2.85 bits per heavy atom. The monoisotopic (exact) mass is 342 g/mol. The summed E-state index contributed by atoms with van der Waals surface area (Å²) in [5, 5.41) is 14.5. The SMILES string of the molecule is CC(NCc1ccc(Br)cc1[N+](=O)[O-])C1CCOCC1. The minimum absolute atomic E-state index is 0.158. The summed E-state index contributed by atoms with van der Waals surface area (Å²) in [5.74, 6) is 0.582. The van der Waals surface area contributed by atoms with Crippen molar-refractivity contribution in [3.8, 4) is 0 Å². The van der Waals surface area contributed by atoms with E-state index < -0.39 is 0 Å². The van der Waals surface area contributed by atoms with E-state index in [1.807, 2.05) is 6.07 Å². The Hall–Kier alpha value is -0.980. The van der Waals surface area contributed by atoms with Crippen LogP contribution in [0.3, 0.4) is 0 Å². The molecule has 0 aromatic heterocycles. The van der Waals surface area contributed by atoms with Crippen LogP contribution < -0.4 is 5.32 Å². The highest BCUT2D eigenvalue weighted by atomic mass is 79.9. The van der Waals surface area contributed by atoms with Gasteiger partial charge in [0.2, 0.25) is 0 Å². The highest BCUT2D eigenvalue weighted by Gasteiger charge is 2.21. The Kier molecular flexibility index (Phi) is 5.51. The van der Waals surface area contributed by atoms with Gasteiger partial charge < -0.3 is 10.1 Å². The van der Waals surface area contributed by atoms with Crippen molar-refractivity contribution >= 4 is 21.6 Å². The Bertz CT molecular complexity index is 475. The predicted molar refractivity (Wildman–Crippen MR) is 80.6 cm³/mol. The maximum atomic E-state index is 11.1. The summed E-state index contributed by atoms with van der Waals surface area (Å²) in [7, 11) is 0. The molecule has 0 aliphatic carbocycles. The number of halogens is 1. The molecule has 1 fully saturated rings. The maximum absolute atomic E-state index is 11.1. The molecular weight excluding hydrogens is 324 g/mol. The number of ether oxygens (including phenoxy) is 1. The van der Waals surface area contributed by atoms with E-state index in [9.17, 15) is 10.1 Å². The van der Waals surface area contributed by atoms with Gasteiger partial charge in [-0.15, -0.1) is 0 Å². The lowest BCUT2D eigenvalue weighted by molar-refractivity contribution is -0.385. The first-order valence-electron chi connectivity index (χ1n) is 6.82. The van der Waals surface area contributed by atoms with Crippen molar-refractivity contribution in [1.82, 2.24) is 5.32 Å². The summed E-state index contributed by atoms with van der Waals surface area (Å²) in [6.45, 7) is 4.28. The van der Waals surface area contributed by atoms with Gasteiger partial charge in [-0.05, 0) is 37.8 Å². The number of nitrogens with one attached hydrogen (secondary N) is 1. The van der Waals surface area contributed by atoms with Crippen molar-refractivity contribution in [3.05, 3.63) is 38.3 Å². The predicted octanol–water partition coefficient (Wildman–Crippen LogP) is 3.26. The van der Waals surface area contributed by atoms with Crippen molar-refractivity contribution in [1.29, 1.82) is 0 Å². The third-order valence-electron chi connectivity index (χ3n) is 3.83. The highest BCUT2D eigenvalue weighted by Crippen LogP contribution is 2.24. The van der Waals surface area contributed by atoms with E-state index >= 15 is 0 Å². The van der Waals surface area contributed by atoms with Crippen LogP contribution in [0.15, 0.2) is 22.7 Å².